The van der Waals surface area contributed by atoms with Gasteiger partial charge in [0.15, 0.2) is 5.16 Å². The van der Waals surface area contributed by atoms with Crippen LogP contribution in [0, 0.1) is 0 Å². The molecule has 2 aromatic heterocycles. The monoisotopic (exact) mass is 250 g/mol. The van der Waals surface area contributed by atoms with Gasteiger partial charge in [-0.15, -0.1) is 0 Å². The van der Waals surface area contributed by atoms with Gasteiger partial charge in [-0.05, 0) is 33.2 Å². The molecule has 0 fully saturated rings. The summed E-state index contributed by atoms with van der Waals surface area (Å²) in [5.74, 6) is 1.14. The fraction of sp³-hybridized carbons (Fsp3) is 0.417. The Labute approximate surface area is 106 Å². The van der Waals surface area contributed by atoms with E-state index in [1.807, 2.05) is 31.7 Å². The molecule has 0 aliphatic heterocycles. The Morgan fingerprint density at radius 3 is 2.71 bits per heavy atom. The van der Waals surface area contributed by atoms with Crippen molar-refractivity contribution in [1.29, 1.82) is 0 Å². The summed E-state index contributed by atoms with van der Waals surface area (Å²) in [5, 5.41) is 1.42. The van der Waals surface area contributed by atoms with Crippen molar-refractivity contribution in [3.05, 3.63) is 30.7 Å². The van der Waals surface area contributed by atoms with Crippen molar-refractivity contribution in [2.75, 3.05) is 14.1 Å². The molecule has 92 valence electrons. The molecule has 2 aromatic rings. The van der Waals surface area contributed by atoms with E-state index in [0.717, 1.165) is 11.0 Å². The molecule has 1 atom stereocenters. The van der Waals surface area contributed by atoms with Crippen LogP contribution in [0.3, 0.4) is 0 Å². The first-order valence-electron chi connectivity index (χ1n) is 5.57. The fourth-order valence-corrected chi connectivity index (χ4v) is 2.42. The van der Waals surface area contributed by atoms with Crippen molar-refractivity contribution in [2.24, 2.45) is 7.05 Å². The molecule has 2 heterocycles. The standard InChI is InChI=1S/C12H18N4S/c1-10(14(2)3)17-12-13-7-9-16(12)11-6-5-8-15(11)4/h5-10H,1-4H3. The van der Waals surface area contributed by atoms with E-state index in [9.17, 15) is 0 Å². The summed E-state index contributed by atoms with van der Waals surface area (Å²) in [4.78, 5) is 6.60. The molecule has 2 rings (SSSR count). The second kappa shape index (κ2) is 4.98. The first-order valence-corrected chi connectivity index (χ1v) is 6.45. The van der Waals surface area contributed by atoms with Gasteiger partial charge >= 0.3 is 0 Å². The molecule has 5 heteroatoms. The van der Waals surface area contributed by atoms with Crippen molar-refractivity contribution >= 4 is 11.8 Å². The summed E-state index contributed by atoms with van der Waals surface area (Å²) in [6, 6.07) is 4.13. The van der Waals surface area contributed by atoms with Crippen LogP contribution in [0.25, 0.3) is 5.82 Å². The molecule has 0 aliphatic rings. The Morgan fingerprint density at radius 1 is 1.35 bits per heavy atom. The summed E-state index contributed by atoms with van der Waals surface area (Å²) in [6.45, 7) is 2.18. The molecular formula is C12H18N4S. The van der Waals surface area contributed by atoms with Crippen LogP contribution in [-0.4, -0.2) is 38.5 Å². The maximum absolute atomic E-state index is 4.42. The van der Waals surface area contributed by atoms with Crippen LogP contribution >= 0.6 is 11.8 Å². The second-order valence-corrected chi connectivity index (χ2v) is 5.52. The molecule has 0 aliphatic carbocycles. The molecule has 0 saturated heterocycles. The normalized spacial score (nSPS) is 13.2. The smallest absolute Gasteiger partial charge is 0.175 e. The lowest BCUT2D eigenvalue weighted by molar-refractivity contribution is 0.401. The number of aryl methyl sites for hydroxylation is 1. The number of rotatable bonds is 4. The number of hydrogen-bond acceptors (Lipinski definition) is 3. The highest BCUT2D eigenvalue weighted by Crippen LogP contribution is 2.25. The SMILES string of the molecule is CC(Sc1nccn1-c1cccn1C)N(C)C. The molecule has 0 radical (unpaired) electrons. The highest BCUT2D eigenvalue weighted by atomic mass is 32.2. The number of imidazole rings is 1. The van der Waals surface area contributed by atoms with Gasteiger partial charge in [0.2, 0.25) is 0 Å². The lowest BCUT2D eigenvalue weighted by Gasteiger charge is -2.19. The summed E-state index contributed by atoms with van der Waals surface area (Å²) >= 11 is 1.76. The van der Waals surface area contributed by atoms with E-state index in [4.69, 9.17) is 0 Å². The van der Waals surface area contributed by atoms with Crippen LogP contribution in [0.5, 0.6) is 0 Å². The molecule has 0 aromatic carbocycles. The average molecular weight is 250 g/mol. The molecule has 4 nitrogen and oxygen atoms in total. The zero-order chi connectivity index (χ0) is 12.4. The molecule has 0 N–H and O–H groups in total. The predicted molar refractivity (Wildman–Crippen MR) is 71.5 cm³/mol. The van der Waals surface area contributed by atoms with Gasteiger partial charge < -0.3 is 4.57 Å². The molecular weight excluding hydrogens is 232 g/mol. The summed E-state index contributed by atoms with van der Waals surface area (Å²) < 4.78 is 4.21. The van der Waals surface area contributed by atoms with Gasteiger partial charge in [-0.3, -0.25) is 9.47 Å². The predicted octanol–water partition coefficient (Wildman–Crippen LogP) is 2.21. The number of thioether (sulfide) groups is 1. The highest BCUT2D eigenvalue weighted by molar-refractivity contribution is 7.99. The van der Waals surface area contributed by atoms with E-state index >= 15 is 0 Å². The molecule has 1 unspecified atom stereocenters. The Morgan fingerprint density at radius 2 is 2.12 bits per heavy atom. The van der Waals surface area contributed by atoms with Gasteiger partial charge in [0, 0.05) is 25.6 Å². The van der Waals surface area contributed by atoms with E-state index in [1.54, 1.807) is 11.8 Å². The number of aromatic nitrogens is 3. The average Bonchev–Trinajstić information content (AvgIpc) is 2.86. The van der Waals surface area contributed by atoms with Crippen molar-refractivity contribution < 1.29 is 0 Å². The van der Waals surface area contributed by atoms with Crippen molar-refractivity contribution in [3.63, 3.8) is 0 Å². The van der Waals surface area contributed by atoms with E-state index in [2.05, 4.69) is 46.1 Å². The molecule has 0 bridgehead atoms. The Kier molecular flexibility index (Phi) is 3.59. The van der Waals surface area contributed by atoms with E-state index < -0.39 is 0 Å². The van der Waals surface area contributed by atoms with Gasteiger partial charge in [0.1, 0.15) is 5.82 Å². The lowest BCUT2D eigenvalue weighted by Crippen LogP contribution is -2.21. The summed E-state index contributed by atoms with van der Waals surface area (Å²) in [6.07, 6.45) is 5.89. The van der Waals surface area contributed by atoms with Crippen molar-refractivity contribution in [2.45, 2.75) is 17.5 Å². The Hall–Kier alpha value is -1.20. The fourth-order valence-electron chi connectivity index (χ4n) is 1.51. The molecule has 0 spiro atoms. The molecule has 17 heavy (non-hydrogen) atoms. The minimum Gasteiger partial charge on any atom is -0.337 e. The first-order chi connectivity index (χ1) is 8.09. The van der Waals surface area contributed by atoms with Crippen LogP contribution in [0.2, 0.25) is 0 Å². The van der Waals surface area contributed by atoms with Crippen LogP contribution in [0.1, 0.15) is 6.92 Å². The van der Waals surface area contributed by atoms with Gasteiger partial charge in [-0.25, -0.2) is 4.98 Å². The Balaban J connectivity index is 2.26. The zero-order valence-electron chi connectivity index (χ0n) is 10.7. The topological polar surface area (TPSA) is 26.0 Å². The van der Waals surface area contributed by atoms with E-state index in [-0.39, 0.29) is 0 Å². The maximum Gasteiger partial charge on any atom is 0.175 e. The van der Waals surface area contributed by atoms with Crippen LogP contribution in [-0.2, 0) is 7.05 Å². The van der Waals surface area contributed by atoms with E-state index in [0.29, 0.717) is 5.37 Å². The third-order valence-electron chi connectivity index (χ3n) is 2.77. The molecule has 0 amide bonds. The van der Waals surface area contributed by atoms with Gasteiger partial charge in [-0.2, -0.15) is 0 Å². The number of nitrogens with zero attached hydrogens (tertiary/aromatic N) is 4. The highest BCUT2D eigenvalue weighted by Gasteiger charge is 2.13. The van der Waals surface area contributed by atoms with Gasteiger partial charge in [0.25, 0.3) is 0 Å². The zero-order valence-corrected chi connectivity index (χ0v) is 11.5. The third kappa shape index (κ3) is 2.56. The third-order valence-corrected chi connectivity index (χ3v) is 4.05. The second-order valence-electron chi connectivity index (χ2n) is 4.24. The molecule has 0 saturated carbocycles. The maximum atomic E-state index is 4.42. The van der Waals surface area contributed by atoms with Crippen LogP contribution in [0.15, 0.2) is 35.9 Å². The Bertz CT molecular complexity index is 486. The summed E-state index contributed by atoms with van der Waals surface area (Å²) in [7, 11) is 6.19. The largest absolute Gasteiger partial charge is 0.337 e. The van der Waals surface area contributed by atoms with Crippen molar-refractivity contribution in [3.8, 4) is 5.82 Å². The number of hydrogen-bond donors (Lipinski definition) is 0. The minimum absolute atomic E-state index is 0.399. The van der Waals surface area contributed by atoms with Crippen molar-refractivity contribution in [1.82, 2.24) is 19.0 Å². The van der Waals surface area contributed by atoms with Gasteiger partial charge in [0.05, 0.1) is 5.37 Å². The lowest BCUT2D eigenvalue weighted by atomic mass is 10.6. The van der Waals surface area contributed by atoms with E-state index in [1.165, 1.54) is 0 Å². The van der Waals surface area contributed by atoms with Crippen LogP contribution in [0.4, 0.5) is 0 Å². The van der Waals surface area contributed by atoms with Crippen LogP contribution < -0.4 is 0 Å². The van der Waals surface area contributed by atoms with Gasteiger partial charge in [-0.1, -0.05) is 11.8 Å². The quantitative estimate of drug-likeness (QED) is 0.614. The first kappa shape index (κ1) is 12.3. The minimum atomic E-state index is 0.399. The summed E-state index contributed by atoms with van der Waals surface area (Å²) in [5.41, 5.74) is 0.